The molecule has 0 aliphatic rings. The molecular formula is C20H20O6. The van der Waals surface area contributed by atoms with E-state index in [1.165, 1.54) is 18.2 Å². The van der Waals surface area contributed by atoms with Crippen molar-refractivity contribution in [3.05, 3.63) is 70.8 Å². The quantitative estimate of drug-likeness (QED) is 0.573. The number of rotatable bonds is 8. The molecule has 136 valence electrons. The lowest BCUT2D eigenvalue weighted by Gasteiger charge is -2.12. The maximum absolute atomic E-state index is 12.4. The lowest BCUT2D eigenvalue weighted by molar-refractivity contribution is 0.0433. The van der Waals surface area contributed by atoms with Crippen molar-refractivity contribution in [3.8, 4) is 0 Å². The van der Waals surface area contributed by atoms with Gasteiger partial charge in [-0.2, -0.15) is 0 Å². The Kier molecular flexibility index (Phi) is 6.91. The highest BCUT2D eigenvalue weighted by molar-refractivity contribution is 6.10. The van der Waals surface area contributed by atoms with E-state index >= 15 is 0 Å². The van der Waals surface area contributed by atoms with Crippen molar-refractivity contribution in [1.82, 2.24) is 0 Å². The van der Waals surface area contributed by atoms with E-state index in [9.17, 15) is 19.5 Å². The van der Waals surface area contributed by atoms with E-state index < -0.39 is 17.9 Å². The second kappa shape index (κ2) is 9.36. The zero-order chi connectivity index (χ0) is 18.9. The Bertz CT molecular complexity index is 782. The van der Waals surface area contributed by atoms with Crippen LogP contribution in [0.1, 0.15) is 56.4 Å². The maximum Gasteiger partial charge on any atom is 0.339 e. The zero-order valence-electron chi connectivity index (χ0n) is 14.4. The van der Waals surface area contributed by atoms with Gasteiger partial charge >= 0.3 is 17.9 Å². The van der Waals surface area contributed by atoms with Crippen LogP contribution in [0.25, 0.3) is 0 Å². The third-order valence-electron chi connectivity index (χ3n) is 3.66. The fourth-order valence-corrected chi connectivity index (χ4v) is 2.30. The number of hydrogen-bond acceptors (Lipinski definition) is 5. The van der Waals surface area contributed by atoms with Gasteiger partial charge in [0.05, 0.1) is 23.3 Å². The molecule has 2 aromatic carbocycles. The van der Waals surface area contributed by atoms with Gasteiger partial charge in [0, 0.05) is 0 Å². The third-order valence-corrected chi connectivity index (χ3v) is 3.66. The number of carbonyl (C=O) groups excluding carboxylic acids is 2. The summed E-state index contributed by atoms with van der Waals surface area (Å²) < 4.78 is 10.3. The van der Waals surface area contributed by atoms with E-state index in [0.29, 0.717) is 6.42 Å². The number of unbranched alkanes of at least 4 members (excludes halogenated alkanes) is 1. The van der Waals surface area contributed by atoms with Gasteiger partial charge in [0.2, 0.25) is 0 Å². The van der Waals surface area contributed by atoms with Crippen LogP contribution in [0.2, 0.25) is 0 Å². The van der Waals surface area contributed by atoms with Crippen molar-refractivity contribution in [2.75, 3.05) is 6.61 Å². The van der Waals surface area contributed by atoms with Crippen LogP contribution >= 0.6 is 0 Å². The molecule has 0 spiro atoms. The van der Waals surface area contributed by atoms with E-state index in [1.54, 1.807) is 12.1 Å². The maximum atomic E-state index is 12.4. The van der Waals surface area contributed by atoms with Gasteiger partial charge in [-0.1, -0.05) is 49.7 Å². The minimum atomic E-state index is -1.31. The lowest BCUT2D eigenvalue weighted by atomic mass is 10.0. The summed E-state index contributed by atoms with van der Waals surface area (Å²) in [5.41, 5.74) is 0.0828. The minimum Gasteiger partial charge on any atom is -0.478 e. The molecule has 0 heterocycles. The second-order valence-electron chi connectivity index (χ2n) is 5.58. The van der Waals surface area contributed by atoms with E-state index in [0.717, 1.165) is 12.0 Å². The topological polar surface area (TPSA) is 89.9 Å². The number of esters is 2. The molecule has 1 N–H and O–H groups in total. The van der Waals surface area contributed by atoms with Gasteiger partial charge < -0.3 is 14.6 Å². The molecule has 0 saturated heterocycles. The van der Waals surface area contributed by atoms with Crippen LogP contribution < -0.4 is 0 Å². The summed E-state index contributed by atoms with van der Waals surface area (Å²) >= 11 is 0. The van der Waals surface area contributed by atoms with E-state index in [2.05, 4.69) is 0 Å². The highest BCUT2D eigenvalue weighted by Crippen LogP contribution is 2.19. The molecule has 0 aliphatic carbocycles. The standard InChI is InChI=1S/C20H20O6/c1-2-3-12-25-20(24)17-15(18(21)22)10-7-11-16(17)19(23)26-13-14-8-5-4-6-9-14/h4-11H,2-3,12-13H2,1H3,(H,21,22). The predicted molar refractivity (Wildman–Crippen MR) is 94.2 cm³/mol. The molecule has 6 heteroatoms. The van der Waals surface area contributed by atoms with Crippen molar-refractivity contribution >= 4 is 17.9 Å². The van der Waals surface area contributed by atoms with Crippen LogP contribution in [0.3, 0.4) is 0 Å². The molecule has 0 radical (unpaired) electrons. The first kappa shape index (κ1) is 19.2. The molecule has 0 bridgehead atoms. The Hall–Kier alpha value is -3.15. The van der Waals surface area contributed by atoms with Crippen LogP contribution in [0.5, 0.6) is 0 Å². The Labute approximate surface area is 151 Å². The van der Waals surface area contributed by atoms with Crippen LogP contribution in [0, 0.1) is 0 Å². The number of carboxylic acids is 1. The lowest BCUT2D eigenvalue weighted by Crippen LogP contribution is -2.19. The van der Waals surface area contributed by atoms with Crippen molar-refractivity contribution in [2.24, 2.45) is 0 Å². The fourth-order valence-electron chi connectivity index (χ4n) is 2.30. The molecule has 2 aromatic rings. The smallest absolute Gasteiger partial charge is 0.339 e. The summed E-state index contributed by atoms with van der Waals surface area (Å²) in [6.45, 7) is 2.11. The fraction of sp³-hybridized carbons (Fsp3) is 0.250. The summed E-state index contributed by atoms with van der Waals surface area (Å²) in [6, 6.07) is 13.1. The molecule has 0 fully saturated rings. The first-order valence-corrected chi connectivity index (χ1v) is 8.29. The van der Waals surface area contributed by atoms with Crippen molar-refractivity contribution < 1.29 is 29.0 Å². The first-order chi connectivity index (χ1) is 12.5. The average Bonchev–Trinajstić information content (AvgIpc) is 2.66. The molecule has 0 unspecified atom stereocenters. The highest BCUT2D eigenvalue weighted by atomic mass is 16.5. The molecule has 26 heavy (non-hydrogen) atoms. The van der Waals surface area contributed by atoms with Gasteiger partial charge in [-0.15, -0.1) is 0 Å². The van der Waals surface area contributed by atoms with Crippen LogP contribution in [0.4, 0.5) is 0 Å². The molecule has 0 amide bonds. The number of benzene rings is 2. The van der Waals surface area contributed by atoms with Gasteiger partial charge in [0.15, 0.2) is 0 Å². The van der Waals surface area contributed by atoms with Crippen LogP contribution in [-0.4, -0.2) is 29.6 Å². The Morgan fingerprint density at radius 1 is 0.885 bits per heavy atom. The third kappa shape index (κ3) is 4.92. The van der Waals surface area contributed by atoms with Gasteiger partial charge in [-0.05, 0) is 24.1 Å². The molecular weight excluding hydrogens is 336 g/mol. The Morgan fingerprint density at radius 2 is 1.58 bits per heavy atom. The monoisotopic (exact) mass is 356 g/mol. The Balaban J connectivity index is 2.25. The number of ether oxygens (including phenoxy) is 2. The van der Waals surface area contributed by atoms with Gasteiger partial charge in [-0.3, -0.25) is 0 Å². The predicted octanol–water partition coefficient (Wildman–Crippen LogP) is 3.70. The molecule has 0 aliphatic heterocycles. The summed E-state index contributed by atoms with van der Waals surface area (Å²) in [5.74, 6) is -2.94. The number of carboxylic acid groups (broad SMARTS) is 1. The highest BCUT2D eigenvalue weighted by Gasteiger charge is 2.26. The van der Waals surface area contributed by atoms with Gasteiger partial charge in [0.1, 0.15) is 6.61 Å². The summed E-state index contributed by atoms with van der Waals surface area (Å²) in [6.07, 6.45) is 1.47. The van der Waals surface area contributed by atoms with Crippen molar-refractivity contribution in [3.63, 3.8) is 0 Å². The van der Waals surface area contributed by atoms with E-state index in [1.807, 2.05) is 25.1 Å². The van der Waals surface area contributed by atoms with Crippen molar-refractivity contribution in [2.45, 2.75) is 26.4 Å². The number of carbonyl (C=O) groups is 3. The minimum absolute atomic E-state index is 0.0152. The summed E-state index contributed by atoms with van der Waals surface area (Å²) in [5, 5.41) is 9.34. The van der Waals surface area contributed by atoms with Gasteiger partial charge in [0.25, 0.3) is 0 Å². The molecule has 0 aromatic heterocycles. The molecule has 6 nitrogen and oxygen atoms in total. The van der Waals surface area contributed by atoms with Gasteiger partial charge in [-0.25, -0.2) is 14.4 Å². The largest absolute Gasteiger partial charge is 0.478 e. The SMILES string of the molecule is CCCCOC(=O)c1c(C(=O)O)cccc1C(=O)OCc1ccccc1. The summed E-state index contributed by atoms with van der Waals surface area (Å²) in [7, 11) is 0. The van der Waals surface area contributed by atoms with E-state index in [-0.39, 0.29) is 29.9 Å². The van der Waals surface area contributed by atoms with Crippen LogP contribution in [-0.2, 0) is 16.1 Å². The molecule has 2 rings (SSSR count). The van der Waals surface area contributed by atoms with Crippen LogP contribution in [0.15, 0.2) is 48.5 Å². The number of hydrogen-bond donors (Lipinski definition) is 1. The zero-order valence-corrected chi connectivity index (χ0v) is 14.4. The second-order valence-corrected chi connectivity index (χ2v) is 5.58. The Morgan fingerprint density at radius 3 is 2.23 bits per heavy atom. The summed E-state index contributed by atoms with van der Waals surface area (Å²) in [4.78, 5) is 36.2. The normalized spacial score (nSPS) is 10.2. The number of aromatic carboxylic acids is 1. The molecule has 0 saturated carbocycles. The first-order valence-electron chi connectivity index (χ1n) is 8.29. The molecule has 0 atom stereocenters. The van der Waals surface area contributed by atoms with Crippen molar-refractivity contribution in [1.29, 1.82) is 0 Å². The average molecular weight is 356 g/mol. The van der Waals surface area contributed by atoms with E-state index in [4.69, 9.17) is 9.47 Å².